The second-order valence-corrected chi connectivity index (χ2v) is 6.20. The number of carboxylic acid groups (broad SMARTS) is 1. The molecule has 30 heavy (non-hydrogen) atoms. The number of ether oxygens (including phenoxy) is 1. The standard InChI is InChI=1S/C21H22F3NO4.Na/c1-2-19(16-7-9-17(10-8-16)21(22,23)24)25-29-12-4-11-28-18-6-3-5-15(13-18)14-20(26)27;/h3,5-10,13H,2,4,11-12,14H2,1H3,(H,26,27);/q;+1/p-1/b25-19+;. The Labute approximate surface area is 195 Å². The molecule has 0 radical (unpaired) electrons. The number of halogens is 3. The van der Waals surface area contributed by atoms with Crippen molar-refractivity contribution in [3.63, 3.8) is 0 Å². The molecule has 0 amide bonds. The summed E-state index contributed by atoms with van der Waals surface area (Å²) in [6.07, 6.45) is -3.52. The van der Waals surface area contributed by atoms with Crippen LogP contribution in [0.25, 0.3) is 0 Å². The molecule has 2 aromatic carbocycles. The first kappa shape index (κ1) is 26.0. The van der Waals surface area contributed by atoms with Crippen LogP contribution in [-0.4, -0.2) is 24.9 Å². The Balaban J connectivity index is 0.00000450. The second-order valence-electron chi connectivity index (χ2n) is 6.20. The first-order valence-electron chi connectivity index (χ1n) is 9.07. The van der Waals surface area contributed by atoms with Crippen LogP contribution in [-0.2, 0) is 22.2 Å². The molecule has 0 atom stereocenters. The van der Waals surface area contributed by atoms with Gasteiger partial charge in [0.25, 0.3) is 0 Å². The minimum Gasteiger partial charge on any atom is -0.550 e. The molecule has 0 bridgehead atoms. The minimum absolute atomic E-state index is 0. The zero-order chi connectivity index (χ0) is 21.3. The zero-order valence-electron chi connectivity index (χ0n) is 16.9. The number of carboxylic acids is 1. The maximum atomic E-state index is 12.6. The predicted molar refractivity (Wildman–Crippen MR) is 99.5 cm³/mol. The Morgan fingerprint density at radius 1 is 1.10 bits per heavy atom. The number of oxime groups is 1. The first-order chi connectivity index (χ1) is 13.8. The van der Waals surface area contributed by atoms with Crippen molar-refractivity contribution in [2.45, 2.75) is 32.4 Å². The Hall–Kier alpha value is -2.03. The second kappa shape index (κ2) is 12.6. The third-order valence-electron chi connectivity index (χ3n) is 3.95. The van der Waals surface area contributed by atoms with E-state index in [-0.39, 0.29) is 42.6 Å². The van der Waals surface area contributed by atoms with Gasteiger partial charge in [-0.05, 0) is 41.8 Å². The molecule has 2 rings (SSSR count). The summed E-state index contributed by atoms with van der Waals surface area (Å²) in [6, 6.07) is 11.5. The molecular formula is C21H21F3NNaO4. The number of carbonyl (C=O) groups is 1. The van der Waals surface area contributed by atoms with Crippen molar-refractivity contribution in [3.8, 4) is 5.75 Å². The molecule has 2 aromatic rings. The van der Waals surface area contributed by atoms with E-state index in [0.717, 1.165) is 12.1 Å². The van der Waals surface area contributed by atoms with Crippen molar-refractivity contribution in [2.75, 3.05) is 13.2 Å². The molecule has 0 unspecified atom stereocenters. The van der Waals surface area contributed by atoms with Crippen molar-refractivity contribution >= 4 is 11.7 Å². The van der Waals surface area contributed by atoms with Crippen molar-refractivity contribution in [1.82, 2.24) is 0 Å². The van der Waals surface area contributed by atoms with E-state index in [9.17, 15) is 23.1 Å². The molecule has 5 nitrogen and oxygen atoms in total. The van der Waals surface area contributed by atoms with Crippen LogP contribution in [0.5, 0.6) is 5.75 Å². The van der Waals surface area contributed by atoms with E-state index in [1.54, 1.807) is 24.3 Å². The number of hydrogen-bond acceptors (Lipinski definition) is 5. The summed E-state index contributed by atoms with van der Waals surface area (Å²) in [5.41, 5.74) is 1.00. The number of carbonyl (C=O) groups excluding carboxylic acids is 1. The number of hydrogen-bond donors (Lipinski definition) is 0. The smallest absolute Gasteiger partial charge is 0.550 e. The maximum absolute atomic E-state index is 12.6. The zero-order valence-corrected chi connectivity index (χ0v) is 18.9. The van der Waals surface area contributed by atoms with Crippen LogP contribution < -0.4 is 39.4 Å². The molecule has 0 N–H and O–H groups in total. The average molecular weight is 431 g/mol. The van der Waals surface area contributed by atoms with Crippen molar-refractivity contribution in [2.24, 2.45) is 5.16 Å². The molecule has 0 aliphatic heterocycles. The summed E-state index contributed by atoms with van der Waals surface area (Å²) in [7, 11) is 0. The summed E-state index contributed by atoms with van der Waals surface area (Å²) in [5, 5.41) is 14.6. The number of aliphatic carboxylic acids is 1. The van der Waals surface area contributed by atoms with E-state index in [4.69, 9.17) is 9.57 Å². The van der Waals surface area contributed by atoms with E-state index >= 15 is 0 Å². The number of alkyl halides is 3. The van der Waals surface area contributed by atoms with Gasteiger partial charge >= 0.3 is 35.7 Å². The third-order valence-corrected chi connectivity index (χ3v) is 3.95. The van der Waals surface area contributed by atoms with Gasteiger partial charge in [0.15, 0.2) is 0 Å². The molecule has 0 heterocycles. The summed E-state index contributed by atoms with van der Waals surface area (Å²) < 4.78 is 43.4. The monoisotopic (exact) mass is 431 g/mol. The minimum atomic E-state index is -4.37. The molecule has 9 heteroatoms. The molecule has 0 spiro atoms. The average Bonchev–Trinajstić information content (AvgIpc) is 2.67. The van der Waals surface area contributed by atoms with Crippen LogP contribution in [0.2, 0.25) is 0 Å². The van der Waals surface area contributed by atoms with Gasteiger partial charge in [-0.1, -0.05) is 36.3 Å². The fourth-order valence-electron chi connectivity index (χ4n) is 2.52. The van der Waals surface area contributed by atoms with Crippen LogP contribution in [0.4, 0.5) is 13.2 Å². The number of benzene rings is 2. The van der Waals surface area contributed by atoms with E-state index in [1.165, 1.54) is 12.1 Å². The van der Waals surface area contributed by atoms with E-state index in [2.05, 4.69) is 5.16 Å². The molecule has 156 valence electrons. The Kier molecular flexibility index (Phi) is 10.9. The molecular weight excluding hydrogens is 410 g/mol. The predicted octanol–water partition coefficient (Wildman–Crippen LogP) is 0.602. The molecule has 0 saturated heterocycles. The quantitative estimate of drug-likeness (QED) is 0.239. The van der Waals surface area contributed by atoms with Gasteiger partial charge in [0.05, 0.1) is 17.9 Å². The van der Waals surface area contributed by atoms with Crippen LogP contribution in [0.3, 0.4) is 0 Å². The van der Waals surface area contributed by atoms with Gasteiger partial charge in [-0.15, -0.1) is 0 Å². The molecule has 0 aliphatic rings. The van der Waals surface area contributed by atoms with Gasteiger partial charge in [0.2, 0.25) is 0 Å². The SMILES string of the molecule is CC/C(=N\OCCCOc1cccc(CC(=O)[O-])c1)c1ccc(C(F)(F)F)cc1.[Na+]. The molecule has 0 aromatic heterocycles. The molecule has 0 aliphatic carbocycles. The fraction of sp³-hybridized carbons (Fsp3) is 0.333. The summed E-state index contributed by atoms with van der Waals surface area (Å²) in [5.74, 6) is -0.612. The Bertz CT molecular complexity index is 839. The van der Waals surface area contributed by atoms with Crippen LogP contribution in [0.15, 0.2) is 53.7 Å². The molecule has 0 fully saturated rings. The molecule has 0 saturated carbocycles. The summed E-state index contributed by atoms with van der Waals surface area (Å²) >= 11 is 0. The van der Waals surface area contributed by atoms with Gasteiger partial charge in [-0.25, -0.2) is 0 Å². The van der Waals surface area contributed by atoms with Crippen molar-refractivity contribution in [3.05, 3.63) is 65.2 Å². The fourth-order valence-corrected chi connectivity index (χ4v) is 2.52. The van der Waals surface area contributed by atoms with E-state index < -0.39 is 17.7 Å². The Morgan fingerprint density at radius 2 is 1.80 bits per heavy atom. The maximum Gasteiger partial charge on any atom is 1.00 e. The van der Waals surface area contributed by atoms with Gasteiger partial charge in [-0.3, -0.25) is 0 Å². The van der Waals surface area contributed by atoms with Gasteiger partial charge < -0.3 is 19.5 Å². The summed E-state index contributed by atoms with van der Waals surface area (Å²) in [6.45, 7) is 2.44. The van der Waals surface area contributed by atoms with E-state index in [1.807, 2.05) is 6.92 Å². The third kappa shape index (κ3) is 8.77. The Morgan fingerprint density at radius 3 is 2.40 bits per heavy atom. The van der Waals surface area contributed by atoms with E-state index in [0.29, 0.717) is 42.0 Å². The normalized spacial score (nSPS) is 11.5. The van der Waals surface area contributed by atoms with Crippen molar-refractivity contribution in [1.29, 1.82) is 0 Å². The van der Waals surface area contributed by atoms with Crippen molar-refractivity contribution < 1.29 is 62.2 Å². The van der Waals surface area contributed by atoms with Gasteiger partial charge in [0.1, 0.15) is 12.4 Å². The largest absolute Gasteiger partial charge is 1.00 e. The van der Waals surface area contributed by atoms with Crippen LogP contribution >= 0.6 is 0 Å². The first-order valence-corrected chi connectivity index (χ1v) is 9.07. The number of nitrogens with zero attached hydrogens (tertiary/aromatic N) is 1. The van der Waals surface area contributed by atoms with Crippen LogP contribution in [0.1, 0.15) is 36.5 Å². The number of rotatable bonds is 10. The van der Waals surface area contributed by atoms with Crippen LogP contribution in [0, 0.1) is 0 Å². The topological polar surface area (TPSA) is 71.0 Å². The van der Waals surface area contributed by atoms with Gasteiger partial charge in [0, 0.05) is 18.8 Å². The van der Waals surface area contributed by atoms with Gasteiger partial charge in [-0.2, -0.15) is 13.2 Å². The summed E-state index contributed by atoms with van der Waals surface area (Å²) in [4.78, 5) is 15.9.